The largest absolute Gasteiger partial charge is 0.496 e. The monoisotopic (exact) mass is 303 g/mol. The Balaban J connectivity index is 1.59. The van der Waals surface area contributed by atoms with Gasteiger partial charge in [-0.1, -0.05) is 25.1 Å². The summed E-state index contributed by atoms with van der Waals surface area (Å²) >= 11 is 0. The number of β-amino-alcohol motifs (C(OH)–C–C–N with tert-alkyl or cyclic N) is 1. The first-order chi connectivity index (χ1) is 10.5. The smallest absolute Gasteiger partial charge is 0.223 e. The number of carbonyl (C=O) groups excluding carboxylic acids is 1. The zero-order valence-electron chi connectivity index (χ0n) is 13.4. The van der Waals surface area contributed by atoms with Gasteiger partial charge in [0.25, 0.3) is 0 Å². The topological polar surface area (TPSA) is 49.8 Å². The molecule has 4 heteroatoms. The summed E-state index contributed by atoms with van der Waals surface area (Å²) < 4.78 is 5.33. The molecule has 4 nitrogen and oxygen atoms in total. The highest BCUT2D eigenvalue weighted by Gasteiger charge is 2.53. The lowest BCUT2D eigenvalue weighted by atomic mass is 9.88. The number of hydrogen-bond acceptors (Lipinski definition) is 3. The molecule has 2 atom stereocenters. The van der Waals surface area contributed by atoms with E-state index in [9.17, 15) is 9.90 Å². The van der Waals surface area contributed by atoms with E-state index in [0.29, 0.717) is 31.8 Å². The molecule has 1 saturated carbocycles. The van der Waals surface area contributed by atoms with Crippen molar-refractivity contribution in [2.24, 2.45) is 11.8 Å². The lowest BCUT2D eigenvalue weighted by molar-refractivity contribution is -0.131. The molecule has 0 aromatic heterocycles. The van der Waals surface area contributed by atoms with E-state index in [0.717, 1.165) is 24.2 Å². The zero-order chi connectivity index (χ0) is 15.7. The molecule has 1 amide bonds. The number of methoxy groups -OCH3 is 1. The predicted molar refractivity (Wildman–Crippen MR) is 84.7 cm³/mol. The van der Waals surface area contributed by atoms with Crippen molar-refractivity contribution in [3.05, 3.63) is 29.8 Å². The predicted octanol–water partition coefficient (Wildman–Crippen LogP) is 2.25. The summed E-state index contributed by atoms with van der Waals surface area (Å²) in [6.07, 6.45) is 3.34. The molecule has 0 spiro atoms. The van der Waals surface area contributed by atoms with Gasteiger partial charge in [0, 0.05) is 25.4 Å². The third-order valence-corrected chi connectivity index (χ3v) is 5.23. The Morgan fingerprint density at radius 2 is 2.14 bits per heavy atom. The van der Waals surface area contributed by atoms with Gasteiger partial charge in [-0.2, -0.15) is 0 Å². The summed E-state index contributed by atoms with van der Waals surface area (Å²) in [5.41, 5.74) is 0.406. The molecule has 1 saturated heterocycles. The van der Waals surface area contributed by atoms with Crippen LogP contribution in [0.15, 0.2) is 24.3 Å². The summed E-state index contributed by atoms with van der Waals surface area (Å²) in [7, 11) is 1.65. The highest BCUT2D eigenvalue weighted by atomic mass is 16.5. The number of para-hydroxylation sites is 1. The van der Waals surface area contributed by atoms with Crippen molar-refractivity contribution >= 4 is 5.91 Å². The Labute approximate surface area is 132 Å². The van der Waals surface area contributed by atoms with Gasteiger partial charge < -0.3 is 14.7 Å². The van der Waals surface area contributed by atoms with Crippen molar-refractivity contribution in [2.75, 3.05) is 20.2 Å². The van der Waals surface area contributed by atoms with Crippen LogP contribution in [0.1, 0.15) is 31.7 Å². The van der Waals surface area contributed by atoms with Crippen LogP contribution in [-0.4, -0.2) is 41.7 Å². The maximum absolute atomic E-state index is 12.5. The van der Waals surface area contributed by atoms with Crippen LogP contribution in [0.25, 0.3) is 0 Å². The average molecular weight is 303 g/mol. The van der Waals surface area contributed by atoms with Crippen LogP contribution < -0.4 is 4.74 Å². The molecule has 0 radical (unpaired) electrons. The molecule has 1 aromatic rings. The molecular formula is C18H25NO3. The van der Waals surface area contributed by atoms with Gasteiger partial charge in [0.05, 0.1) is 12.7 Å². The average Bonchev–Trinajstić information content (AvgIpc) is 3.33. The lowest BCUT2D eigenvalue weighted by Gasteiger charge is -2.26. The number of ether oxygens (including phenoxy) is 1. The van der Waals surface area contributed by atoms with E-state index < -0.39 is 5.60 Å². The molecule has 1 aromatic carbocycles. The summed E-state index contributed by atoms with van der Waals surface area (Å²) in [6.45, 7) is 3.24. The first-order valence-electron chi connectivity index (χ1n) is 8.16. The van der Waals surface area contributed by atoms with Gasteiger partial charge in [0.15, 0.2) is 0 Å². The Kier molecular flexibility index (Phi) is 4.13. The number of aliphatic hydroxyl groups is 1. The van der Waals surface area contributed by atoms with Crippen molar-refractivity contribution in [2.45, 2.75) is 38.2 Å². The number of carbonyl (C=O) groups is 1. The van der Waals surface area contributed by atoms with Crippen LogP contribution in [0.3, 0.4) is 0 Å². The number of aryl methyl sites for hydroxylation is 1. The Hall–Kier alpha value is -1.55. The van der Waals surface area contributed by atoms with Crippen LogP contribution in [0, 0.1) is 11.8 Å². The highest BCUT2D eigenvalue weighted by Crippen LogP contribution is 2.47. The third kappa shape index (κ3) is 2.84. The molecule has 120 valence electrons. The molecule has 1 aliphatic carbocycles. The minimum absolute atomic E-state index is 0.134. The first-order valence-corrected chi connectivity index (χ1v) is 8.16. The molecule has 22 heavy (non-hydrogen) atoms. The summed E-state index contributed by atoms with van der Waals surface area (Å²) in [4.78, 5) is 14.3. The molecule has 2 fully saturated rings. The number of amides is 1. The highest BCUT2D eigenvalue weighted by molar-refractivity contribution is 5.77. The van der Waals surface area contributed by atoms with Crippen LogP contribution >= 0.6 is 0 Å². The van der Waals surface area contributed by atoms with Crippen LogP contribution in [0.4, 0.5) is 0 Å². The minimum atomic E-state index is -0.653. The number of hydrogen-bond donors (Lipinski definition) is 1. The van der Waals surface area contributed by atoms with E-state index in [1.54, 1.807) is 7.11 Å². The number of likely N-dealkylation sites (tertiary alicyclic amines) is 1. The fraction of sp³-hybridized carbons (Fsp3) is 0.611. The van der Waals surface area contributed by atoms with Crippen LogP contribution in [0.5, 0.6) is 5.75 Å². The number of benzene rings is 1. The molecule has 0 bridgehead atoms. The number of rotatable bonds is 5. The standard InChI is InChI=1S/C18H25NO3/c1-13-11-19(12-18(13,21)15-8-9-15)17(20)10-7-14-5-3-4-6-16(14)22-2/h3-6,13,15,21H,7-12H2,1-2H3/t13-,18+/m1/s1. The van der Waals surface area contributed by atoms with E-state index in [4.69, 9.17) is 4.74 Å². The van der Waals surface area contributed by atoms with Gasteiger partial charge in [-0.15, -0.1) is 0 Å². The van der Waals surface area contributed by atoms with Crippen LogP contribution in [0.2, 0.25) is 0 Å². The zero-order valence-corrected chi connectivity index (χ0v) is 13.4. The fourth-order valence-corrected chi connectivity index (χ4v) is 3.63. The van der Waals surface area contributed by atoms with E-state index in [1.807, 2.05) is 29.2 Å². The van der Waals surface area contributed by atoms with E-state index in [2.05, 4.69) is 6.92 Å². The van der Waals surface area contributed by atoms with E-state index in [-0.39, 0.29) is 11.8 Å². The van der Waals surface area contributed by atoms with Gasteiger partial charge in [0.2, 0.25) is 5.91 Å². The number of nitrogens with zero attached hydrogens (tertiary/aromatic N) is 1. The summed E-state index contributed by atoms with van der Waals surface area (Å²) in [5, 5.41) is 10.8. The second kappa shape index (κ2) is 5.92. The van der Waals surface area contributed by atoms with Gasteiger partial charge in [-0.25, -0.2) is 0 Å². The van der Waals surface area contributed by atoms with Gasteiger partial charge in [0.1, 0.15) is 5.75 Å². The molecular weight excluding hydrogens is 278 g/mol. The van der Waals surface area contributed by atoms with Gasteiger partial charge in [-0.3, -0.25) is 4.79 Å². The molecule has 0 unspecified atom stereocenters. The van der Waals surface area contributed by atoms with Crippen molar-refractivity contribution in [3.63, 3.8) is 0 Å². The fourth-order valence-electron chi connectivity index (χ4n) is 3.63. The normalized spacial score (nSPS) is 28.0. The summed E-state index contributed by atoms with van der Waals surface area (Å²) in [6, 6.07) is 7.82. The minimum Gasteiger partial charge on any atom is -0.496 e. The quantitative estimate of drug-likeness (QED) is 0.907. The second-order valence-corrected chi connectivity index (χ2v) is 6.75. The lowest BCUT2D eigenvalue weighted by Crippen LogP contribution is -2.40. The van der Waals surface area contributed by atoms with Gasteiger partial charge in [-0.05, 0) is 36.8 Å². The van der Waals surface area contributed by atoms with Crippen molar-refractivity contribution < 1.29 is 14.6 Å². The SMILES string of the molecule is COc1ccccc1CCC(=O)N1C[C@@H](C)[C@](O)(C2CC2)C1. The van der Waals surface area contributed by atoms with Crippen molar-refractivity contribution in [3.8, 4) is 5.75 Å². The third-order valence-electron chi connectivity index (χ3n) is 5.23. The van der Waals surface area contributed by atoms with Gasteiger partial charge >= 0.3 is 0 Å². The van der Waals surface area contributed by atoms with E-state index in [1.165, 1.54) is 0 Å². The molecule has 1 N–H and O–H groups in total. The summed E-state index contributed by atoms with van der Waals surface area (Å²) in [5.74, 6) is 1.54. The molecule has 3 rings (SSSR count). The van der Waals surface area contributed by atoms with E-state index >= 15 is 0 Å². The molecule has 1 aliphatic heterocycles. The Bertz CT molecular complexity index is 555. The maximum Gasteiger partial charge on any atom is 0.223 e. The molecule has 1 heterocycles. The second-order valence-electron chi connectivity index (χ2n) is 6.75. The Morgan fingerprint density at radius 3 is 2.82 bits per heavy atom. The van der Waals surface area contributed by atoms with Crippen molar-refractivity contribution in [1.29, 1.82) is 0 Å². The molecule has 2 aliphatic rings. The maximum atomic E-state index is 12.5. The van der Waals surface area contributed by atoms with Crippen LogP contribution in [-0.2, 0) is 11.2 Å². The first kappa shape index (κ1) is 15.3. The Morgan fingerprint density at radius 1 is 1.41 bits per heavy atom. The van der Waals surface area contributed by atoms with Crippen molar-refractivity contribution in [1.82, 2.24) is 4.90 Å².